The van der Waals surface area contributed by atoms with Gasteiger partial charge in [-0.25, -0.2) is 8.78 Å². The van der Waals surface area contributed by atoms with E-state index in [1.54, 1.807) is 0 Å². The molecular weight excluding hydrogens is 242 g/mol. The van der Waals surface area contributed by atoms with Gasteiger partial charge in [0.2, 0.25) is 0 Å². The minimum absolute atomic E-state index is 0.777. The summed E-state index contributed by atoms with van der Waals surface area (Å²) in [6.45, 7) is 2.94. The first-order valence-electron chi connectivity index (χ1n) is 6.19. The maximum absolute atomic E-state index is 12.7. The zero-order valence-corrected chi connectivity index (χ0v) is 11.0. The summed E-state index contributed by atoms with van der Waals surface area (Å²) in [5.41, 5.74) is 4.24. The lowest BCUT2D eigenvalue weighted by atomic mass is 9.99. The van der Waals surface area contributed by atoms with Gasteiger partial charge in [-0.3, -0.25) is 0 Å². The minimum atomic E-state index is -2.77. The monoisotopic (exact) mass is 258 g/mol. The van der Waals surface area contributed by atoms with Crippen LogP contribution in [0.1, 0.15) is 18.1 Å². The van der Waals surface area contributed by atoms with Crippen molar-refractivity contribution in [3.8, 4) is 11.1 Å². The van der Waals surface area contributed by atoms with Gasteiger partial charge >= 0.3 is 0 Å². The molecule has 0 amide bonds. The molecule has 2 rings (SSSR count). The number of rotatable bonds is 3. The van der Waals surface area contributed by atoms with Gasteiger partial charge in [-0.15, -0.1) is 0 Å². The number of benzene rings is 2. The van der Waals surface area contributed by atoms with Gasteiger partial charge in [0.1, 0.15) is 0 Å². The average Bonchev–Trinajstić information content (AvgIpc) is 2.37. The molecule has 2 aromatic rings. The first-order valence-corrected chi connectivity index (χ1v) is 6.19. The van der Waals surface area contributed by atoms with E-state index in [1.165, 1.54) is 17.2 Å². The smallest absolute Gasteiger partial charge is 0.202 e. The van der Waals surface area contributed by atoms with Crippen molar-refractivity contribution in [3.63, 3.8) is 0 Å². The van der Waals surface area contributed by atoms with Crippen LogP contribution in [0.4, 0.5) is 8.78 Å². The van der Waals surface area contributed by atoms with Crippen molar-refractivity contribution in [1.82, 2.24) is 0 Å². The van der Waals surface area contributed by atoms with Gasteiger partial charge in [0.15, 0.2) is 0 Å². The highest BCUT2D eigenvalue weighted by atomic mass is 19.3. The summed E-state index contributed by atoms with van der Waals surface area (Å²) < 4.78 is 25.4. The number of halogens is 2. The summed E-state index contributed by atoms with van der Waals surface area (Å²) >= 11 is 0. The van der Waals surface area contributed by atoms with Crippen LogP contribution in [0, 0.1) is 6.92 Å². The molecule has 0 radical (unpaired) electrons. The van der Waals surface area contributed by atoms with Gasteiger partial charge < -0.3 is 0 Å². The summed E-state index contributed by atoms with van der Waals surface area (Å²) in [5, 5.41) is 0. The van der Waals surface area contributed by atoms with Crippen molar-refractivity contribution in [2.75, 3.05) is 0 Å². The average molecular weight is 258 g/mol. The first kappa shape index (κ1) is 13.5. The van der Waals surface area contributed by atoms with E-state index in [1.807, 2.05) is 36.4 Å². The molecule has 0 fully saturated rings. The molecule has 2 heteroatoms. The molecule has 0 saturated heterocycles. The fraction of sp³-hybridized carbons (Fsp3) is 0.176. The normalized spacial score (nSPS) is 12.0. The van der Waals surface area contributed by atoms with Crippen molar-refractivity contribution in [1.29, 1.82) is 0 Å². The van der Waals surface area contributed by atoms with Crippen molar-refractivity contribution in [3.05, 3.63) is 65.7 Å². The highest BCUT2D eigenvalue weighted by molar-refractivity contribution is 5.68. The second-order valence-electron chi connectivity index (χ2n) is 4.73. The van der Waals surface area contributed by atoms with Gasteiger partial charge in [-0.05, 0) is 35.3 Å². The number of aryl methyl sites for hydroxylation is 1. The van der Waals surface area contributed by atoms with Crippen LogP contribution in [0.25, 0.3) is 17.2 Å². The maximum atomic E-state index is 12.7. The van der Waals surface area contributed by atoms with Crippen molar-refractivity contribution >= 4 is 6.08 Å². The van der Waals surface area contributed by atoms with Gasteiger partial charge in [0.25, 0.3) is 5.92 Å². The SMILES string of the molecule is Cc1ccccc1-c1ccc(/C=C/C(C)(F)F)cc1. The van der Waals surface area contributed by atoms with E-state index >= 15 is 0 Å². The van der Waals surface area contributed by atoms with E-state index in [2.05, 4.69) is 19.1 Å². The molecule has 0 spiro atoms. The van der Waals surface area contributed by atoms with Crippen LogP contribution in [-0.4, -0.2) is 5.92 Å². The summed E-state index contributed by atoms with van der Waals surface area (Å²) in [6, 6.07) is 15.7. The second-order valence-corrected chi connectivity index (χ2v) is 4.73. The zero-order chi connectivity index (χ0) is 13.9. The highest BCUT2D eigenvalue weighted by Gasteiger charge is 2.14. The molecule has 2 aromatic carbocycles. The van der Waals surface area contributed by atoms with Crippen LogP contribution < -0.4 is 0 Å². The molecule has 0 aliphatic rings. The van der Waals surface area contributed by atoms with E-state index in [-0.39, 0.29) is 0 Å². The third-order valence-electron chi connectivity index (χ3n) is 2.94. The molecule has 0 saturated carbocycles. The lowest BCUT2D eigenvalue weighted by molar-refractivity contribution is 0.0784. The van der Waals surface area contributed by atoms with Crippen LogP contribution in [0.2, 0.25) is 0 Å². The molecule has 0 aromatic heterocycles. The van der Waals surface area contributed by atoms with Gasteiger partial charge in [-0.2, -0.15) is 0 Å². The zero-order valence-electron chi connectivity index (χ0n) is 11.0. The van der Waals surface area contributed by atoms with E-state index in [0.717, 1.165) is 24.1 Å². The standard InChI is InChI=1S/C17H16F2/c1-13-5-3-4-6-16(13)15-9-7-14(8-10-15)11-12-17(2,18)19/h3-12H,1-2H3/b12-11+. The largest absolute Gasteiger partial charge is 0.264 e. The molecule has 0 unspecified atom stereocenters. The quantitative estimate of drug-likeness (QED) is 0.698. The van der Waals surface area contributed by atoms with Crippen molar-refractivity contribution < 1.29 is 8.78 Å². The lowest BCUT2D eigenvalue weighted by Crippen LogP contribution is -2.02. The molecule has 0 bridgehead atoms. The Morgan fingerprint density at radius 1 is 0.947 bits per heavy atom. The van der Waals surface area contributed by atoms with E-state index < -0.39 is 5.92 Å². The topological polar surface area (TPSA) is 0 Å². The number of allylic oxidation sites excluding steroid dienone is 1. The minimum Gasteiger partial charge on any atom is -0.202 e. The lowest BCUT2D eigenvalue weighted by Gasteiger charge is -2.06. The Morgan fingerprint density at radius 2 is 1.58 bits per heavy atom. The Bertz CT molecular complexity index is 575. The molecule has 0 N–H and O–H groups in total. The van der Waals surface area contributed by atoms with Crippen LogP contribution in [0.15, 0.2) is 54.6 Å². The molecule has 98 valence electrons. The number of hydrogen-bond donors (Lipinski definition) is 0. The predicted molar refractivity (Wildman–Crippen MR) is 76.3 cm³/mol. The van der Waals surface area contributed by atoms with Gasteiger partial charge in [0, 0.05) is 6.92 Å². The Kier molecular flexibility index (Phi) is 3.79. The molecular formula is C17H16F2. The Hall–Kier alpha value is -1.96. The van der Waals surface area contributed by atoms with Gasteiger partial charge in [-0.1, -0.05) is 54.6 Å². The molecule has 0 heterocycles. The number of alkyl halides is 2. The second kappa shape index (κ2) is 5.35. The summed E-state index contributed by atoms with van der Waals surface area (Å²) in [5.74, 6) is -2.77. The molecule has 0 aliphatic heterocycles. The van der Waals surface area contributed by atoms with E-state index in [9.17, 15) is 8.78 Å². The number of hydrogen-bond acceptors (Lipinski definition) is 0. The third kappa shape index (κ3) is 3.75. The Balaban J connectivity index is 2.25. The fourth-order valence-corrected chi connectivity index (χ4v) is 1.91. The van der Waals surface area contributed by atoms with Crippen molar-refractivity contribution in [2.45, 2.75) is 19.8 Å². The summed E-state index contributed by atoms with van der Waals surface area (Å²) in [7, 11) is 0. The molecule has 0 atom stereocenters. The maximum Gasteiger partial charge on any atom is 0.264 e. The Morgan fingerprint density at radius 3 is 2.16 bits per heavy atom. The summed E-state index contributed by atoms with van der Waals surface area (Å²) in [6.07, 6.45) is 2.36. The predicted octanol–water partition coefficient (Wildman–Crippen LogP) is 5.33. The Labute approximate surface area is 112 Å². The fourth-order valence-electron chi connectivity index (χ4n) is 1.91. The van der Waals surface area contributed by atoms with Crippen molar-refractivity contribution in [2.24, 2.45) is 0 Å². The molecule has 19 heavy (non-hydrogen) atoms. The van der Waals surface area contributed by atoms with E-state index in [4.69, 9.17) is 0 Å². The molecule has 0 aliphatic carbocycles. The summed E-state index contributed by atoms with van der Waals surface area (Å²) in [4.78, 5) is 0. The van der Waals surface area contributed by atoms with Gasteiger partial charge in [0.05, 0.1) is 0 Å². The van der Waals surface area contributed by atoms with E-state index in [0.29, 0.717) is 0 Å². The molecule has 0 nitrogen and oxygen atoms in total. The van der Waals surface area contributed by atoms with Crippen LogP contribution >= 0.6 is 0 Å². The van der Waals surface area contributed by atoms with Crippen LogP contribution in [-0.2, 0) is 0 Å². The highest BCUT2D eigenvalue weighted by Crippen LogP contribution is 2.24. The third-order valence-corrected chi connectivity index (χ3v) is 2.94. The van der Waals surface area contributed by atoms with Crippen LogP contribution in [0.5, 0.6) is 0 Å². The van der Waals surface area contributed by atoms with Crippen LogP contribution in [0.3, 0.4) is 0 Å². The first-order chi connectivity index (χ1) is 8.96.